The fourth-order valence-corrected chi connectivity index (χ4v) is 5.12. The van der Waals surface area contributed by atoms with E-state index in [0.717, 1.165) is 74.1 Å². The third-order valence-electron chi connectivity index (χ3n) is 6.70. The molecule has 0 spiro atoms. The van der Waals surface area contributed by atoms with Crippen LogP contribution in [0.1, 0.15) is 61.0 Å². The first-order chi connectivity index (χ1) is 14.7. The molecule has 2 fully saturated rings. The Kier molecular flexibility index (Phi) is 5.19. The molecule has 2 atom stereocenters. The van der Waals surface area contributed by atoms with Crippen molar-refractivity contribution in [3.8, 4) is 17.0 Å². The number of carbonyl (C=O) groups excluding carboxylic acids is 2. The first kappa shape index (κ1) is 19.2. The predicted octanol–water partition coefficient (Wildman–Crippen LogP) is 3.27. The van der Waals surface area contributed by atoms with Crippen LogP contribution in [0, 0.1) is 5.92 Å². The van der Waals surface area contributed by atoms with Crippen LogP contribution in [0.15, 0.2) is 24.3 Å². The Morgan fingerprint density at radius 3 is 2.90 bits per heavy atom. The highest BCUT2D eigenvalue weighted by Gasteiger charge is 2.39. The summed E-state index contributed by atoms with van der Waals surface area (Å²) >= 11 is 0. The second-order valence-corrected chi connectivity index (χ2v) is 8.52. The van der Waals surface area contributed by atoms with Gasteiger partial charge in [-0.3, -0.25) is 14.7 Å². The summed E-state index contributed by atoms with van der Waals surface area (Å²) in [7, 11) is 0. The topological polar surface area (TPSA) is 87.3 Å². The monoisotopic (exact) mass is 408 g/mol. The lowest BCUT2D eigenvalue weighted by atomic mass is 9.82. The lowest BCUT2D eigenvalue weighted by Gasteiger charge is -2.40. The van der Waals surface area contributed by atoms with Gasteiger partial charge in [-0.15, -0.1) is 0 Å². The fourth-order valence-electron chi connectivity index (χ4n) is 5.12. The molecule has 2 aromatic rings. The van der Waals surface area contributed by atoms with Crippen molar-refractivity contribution in [3.63, 3.8) is 0 Å². The van der Waals surface area contributed by atoms with Crippen LogP contribution in [0.25, 0.3) is 11.3 Å². The zero-order valence-corrected chi connectivity index (χ0v) is 17.2. The molecule has 0 unspecified atom stereocenters. The van der Waals surface area contributed by atoms with Crippen molar-refractivity contribution in [2.75, 3.05) is 13.1 Å². The van der Waals surface area contributed by atoms with Crippen LogP contribution in [0.3, 0.4) is 0 Å². The van der Waals surface area contributed by atoms with Crippen LogP contribution in [0.2, 0.25) is 0 Å². The van der Waals surface area contributed by atoms with Gasteiger partial charge in [0.15, 0.2) is 0 Å². The highest BCUT2D eigenvalue weighted by Crippen LogP contribution is 2.38. The molecule has 2 aliphatic heterocycles. The van der Waals surface area contributed by atoms with Crippen molar-refractivity contribution in [1.29, 1.82) is 0 Å². The molecule has 3 heterocycles. The largest absolute Gasteiger partial charge is 0.488 e. The average molecular weight is 409 g/mol. The Labute approximate surface area is 176 Å². The van der Waals surface area contributed by atoms with E-state index >= 15 is 0 Å². The summed E-state index contributed by atoms with van der Waals surface area (Å²) in [5.41, 5.74) is 3.01. The molecule has 1 saturated heterocycles. The van der Waals surface area contributed by atoms with Crippen LogP contribution in [0.4, 0.5) is 0 Å². The summed E-state index contributed by atoms with van der Waals surface area (Å²) < 4.78 is 5.90. The van der Waals surface area contributed by atoms with E-state index in [1.54, 1.807) is 0 Å². The van der Waals surface area contributed by atoms with Crippen molar-refractivity contribution in [3.05, 3.63) is 35.5 Å². The maximum absolute atomic E-state index is 13.7. The second-order valence-electron chi connectivity index (χ2n) is 8.52. The number of amides is 2. The van der Waals surface area contributed by atoms with Gasteiger partial charge in [-0.1, -0.05) is 25.0 Å². The Balaban J connectivity index is 1.48. The van der Waals surface area contributed by atoms with Crippen molar-refractivity contribution in [2.45, 2.75) is 57.6 Å². The van der Waals surface area contributed by atoms with E-state index in [2.05, 4.69) is 15.5 Å². The van der Waals surface area contributed by atoms with Gasteiger partial charge in [0.2, 0.25) is 5.91 Å². The number of H-pyrrole nitrogens is 1. The number of carbonyl (C=O) groups is 2. The number of nitrogens with zero attached hydrogens (tertiary/aromatic N) is 2. The third-order valence-corrected chi connectivity index (χ3v) is 6.70. The fraction of sp³-hybridized carbons (Fsp3) is 0.522. The normalized spacial score (nSPS) is 24.0. The first-order valence-electron chi connectivity index (χ1n) is 11.1. The highest BCUT2D eigenvalue weighted by atomic mass is 16.5. The minimum Gasteiger partial charge on any atom is -0.488 e. The molecular formula is C23H28N4O3. The summed E-state index contributed by atoms with van der Waals surface area (Å²) in [4.78, 5) is 28.5. The molecule has 1 aromatic carbocycles. The first-order valence-corrected chi connectivity index (χ1v) is 11.1. The Morgan fingerprint density at radius 2 is 1.97 bits per heavy atom. The van der Waals surface area contributed by atoms with E-state index in [0.29, 0.717) is 18.8 Å². The van der Waals surface area contributed by atoms with Crippen LogP contribution < -0.4 is 10.1 Å². The summed E-state index contributed by atoms with van der Waals surface area (Å²) in [6, 6.07) is 7.71. The lowest BCUT2D eigenvalue weighted by molar-refractivity contribution is -0.128. The smallest absolute Gasteiger partial charge is 0.272 e. The van der Waals surface area contributed by atoms with Crippen molar-refractivity contribution in [1.82, 2.24) is 20.4 Å². The predicted molar refractivity (Wildman–Crippen MR) is 112 cm³/mol. The molecule has 1 saturated carbocycles. The molecule has 2 amide bonds. The van der Waals surface area contributed by atoms with E-state index in [4.69, 9.17) is 4.74 Å². The van der Waals surface area contributed by atoms with Gasteiger partial charge in [0.05, 0.1) is 5.92 Å². The molecule has 7 heteroatoms. The quantitative estimate of drug-likeness (QED) is 0.758. The zero-order chi connectivity index (χ0) is 20.5. The van der Waals surface area contributed by atoms with Crippen LogP contribution in [-0.2, 0) is 11.4 Å². The molecule has 1 aliphatic carbocycles. The average Bonchev–Trinajstić information content (AvgIpc) is 3.23. The summed E-state index contributed by atoms with van der Waals surface area (Å²) in [6.07, 6.45) is 6.71. The molecule has 30 heavy (non-hydrogen) atoms. The molecule has 1 aromatic heterocycles. The molecule has 3 aliphatic rings. The minimum absolute atomic E-state index is 0.0555. The van der Waals surface area contributed by atoms with Gasteiger partial charge < -0.3 is 15.0 Å². The van der Waals surface area contributed by atoms with E-state index in [9.17, 15) is 9.59 Å². The summed E-state index contributed by atoms with van der Waals surface area (Å²) in [5.74, 6) is 0.704. The number of hydrogen-bond acceptors (Lipinski definition) is 4. The summed E-state index contributed by atoms with van der Waals surface area (Å²) in [5, 5.41) is 10.6. The Hall–Kier alpha value is -2.83. The number of hydrogen-bond donors (Lipinski definition) is 2. The summed E-state index contributed by atoms with van der Waals surface area (Å²) in [6.45, 7) is 1.74. The van der Waals surface area contributed by atoms with Crippen molar-refractivity contribution < 1.29 is 14.3 Å². The number of nitrogens with one attached hydrogen (secondary N) is 2. The number of rotatable bonds is 1. The van der Waals surface area contributed by atoms with Gasteiger partial charge >= 0.3 is 0 Å². The Bertz CT molecular complexity index is 954. The lowest BCUT2D eigenvalue weighted by Crippen LogP contribution is -2.52. The number of aromatic nitrogens is 2. The van der Waals surface area contributed by atoms with E-state index in [1.807, 2.05) is 29.2 Å². The number of ether oxygens (including phenoxy) is 1. The van der Waals surface area contributed by atoms with Gasteiger partial charge in [0.1, 0.15) is 23.7 Å². The van der Waals surface area contributed by atoms with Gasteiger partial charge in [0.25, 0.3) is 5.91 Å². The number of aromatic amines is 1. The van der Waals surface area contributed by atoms with E-state index in [1.165, 1.54) is 0 Å². The number of para-hydroxylation sites is 1. The highest BCUT2D eigenvalue weighted by molar-refractivity contribution is 5.96. The SMILES string of the molecule is O=C1NCCCCCN(C(=O)c2[nH]nc3c2COc2ccccc2-3)[C@H]2CCCC[C@@H]12. The maximum atomic E-state index is 13.7. The molecule has 5 rings (SSSR count). The van der Waals surface area contributed by atoms with Gasteiger partial charge in [-0.2, -0.15) is 5.10 Å². The van der Waals surface area contributed by atoms with E-state index < -0.39 is 0 Å². The minimum atomic E-state index is -0.128. The van der Waals surface area contributed by atoms with Crippen LogP contribution in [-0.4, -0.2) is 46.0 Å². The molecule has 2 N–H and O–H groups in total. The third kappa shape index (κ3) is 3.36. The maximum Gasteiger partial charge on any atom is 0.272 e. The number of benzene rings is 1. The molecule has 7 nitrogen and oxygen atoms in total. The van der Waals surface area contributed by atoms with Gasteiger partial charge in [0, 0.05) is 30.3 Å². The number of fused-ring (bicyclic) bond motifs is 4. The van der Waals surface area contributed by atoms with Crippen LogP contribution >= 0.6 is 0 Å². The Morgan fingerprint density at radius 1 is 1.10 bits per heavy atom. The molecule has 158 valence electrons. The molecule has 0 radical (unpaired) electrons. The van der Waals surface area contributed by atoms with Gasteiger partial charge in [-0.05, 0) is 44.2 Å². The molecular weight excluding hydrogens is 380 g/mol. The standard InChI is InChI=1S/C23H28N4O3/c28-22-15-8-2-4-10-18(15)27(13-7-1-6-12-24-22)23(29)21-17-14-30-19-11-5-3-9-16(19)20(17)25-26-21/h3,5,9,11,15,18H,1-2,4,6-8,10,12-14H2,(H,24,28)(H,25,26)/t15-,18+/m1/s1. The zero-order valence-electron chi connectivity index (χ0n) is 17.2. The van der Waals surface area contributed by atoms with Gasteiger partial charge in [-0.25, -0.2) is 0 Å². The van der Waals surface area contributed by atoms with Crippen molar-refractivity contribution >= 4 is 11.8 Å². The van der Waals surface area contributed by atoms with Crippen molar-refractivity contribution in [2.24, 2.45) is 5.92 Å². The molecule has 0 bridgehead atoms. The van der Waals surface area contributed by atoms with E-state index in [-0.39, 0.29) is 23.8 Å². The van der Waals surface area contributed by atoms with Crippen LogP contribution in [0.5, 0.6) is 5.75 Å². The second kappa shape index (κ2) is 8.13.